The molecule has 1 saturated carbocycles. The molecule has 9 heteroatoms. The molecule has 1 aromatic carbocycles. The zero-order valence-corrected chi connectivity index (χ0v) is 19.4. The number of urea groups is 1. The fourth-order valence-electron chi connectivity index (χ4n) is 4.61. The summed E-state index contributed by atoms with van der Waals surface area (Å²) in [5.41, 5.74) is 13.8. The van der Waals surface area contributed by atoms with E-state index in [2.05, 4.69) is 21.4 Å². The molecule has 0 bridgehead atoms. The van der Waals surface area contributed by atoms with Gasteiger partial charge in [0.1, 0.15) is 11.4 Å². The van der Waals surface area contributed by atoms with E-state index in [1.54, 1.807) is 6.92 Å². The quantitative estimate of drug-likeness (QED) is 0.633. The molecule has 1 aromatic heterocycles. The van der Waals surface area contributed by atoms with Crippen molar-refractivity contribution in [1.29, 1.82) is 0 Å². The number of benzene rings is 1. The third-order valence-electron chi connectivity index (χ3n) is 6.26. The minimum atomic E-state index is -0.698. The molecule has 2 heterocycles. The van der Waals surface area contributed by atoms with Crippen LogP contribution < -0.4 is 21.5 Å². The number of carbonyl (C=O) groups excluding carboxylic acids is 1. The summed E-state index contributed by atoms with van der Waals surface area (Å²) >= 11 is 6.75. The van der Waals surface area contributed by atoms with E-state index in [0.29, 0.717) is 41.6 Å². The lowest BCUT2D eigenvalue weighted by molar-refractivity contribution is 0.171. The summed E-state index contributed by atoms with van der Waals surface area (Å²) in [6.07, 6.45) is 4.12. The summed E-state index contributed by atoms with van der Waals surface area (Å²) in [6.45, 7) is 6.31. The van der Waals surface area contributed by atoms with Gasteiger partial charge < -0.3 is 21.5 Å². The van der Waals surface area contributed by atoms with E-state index in [-0.39, 0.29) is 0 Å². The molecule has 1 aliphatic heterocycles. The van der Waals surface area contributed by atoms with Gasteiger partial charge in [0, 0.05) is 17.1 Å². The number of anilines is 1. The molecule has 32 heavy (non-hydrogen) atoms. The number of halogens is 1. The summed E-state index contributed by atoms with van der Waals surface area (Å²) in [5, 5.41) is 3.44. The highest BCUT2D eigenvalue weighted by Gasteiger charge is 2.36. The van der Waals surface area contributed by atoms with Gasteiger partial charge in [-0.1, -0.05) is 23.7 Å². The number of hydrogen-bond donors (Lipinski definition) is 3. The average Bonchev–Trinajstić information content (AvgIpc) is 2.71. The number of rotatable bonds is 4. The van der Waals surface area contributed by atoms with Gasteiger partial charge in [0.25, 0.3) is 0 Å². The molecule has 4 rings (SSSR count). The topological polar surface area (TPSA) is 129 Å². The molecular weight excluding hydrogens is 428 g/mol. The second-order valence-electron chi connectivity index (χ2n) is 9.08. The Balaban J connectivity index is 1.56. The van der Waals surface area contributed by atoms with Crippen molar-refractivity contribution in [2.24, 2.45) is 16.6 Å². The predicted molar refractivity (Wildman–Crippen MR) is 126 cm³/mol. The van der Waals surface area contributed by atoms with Crippen LogP contribution >= 0.6 is 11.6 Å². The van der Waals surface area contributed by atoms with Crippen molar-refractivity contribution < 1.29 is 9.53 Å². The first-order chi connectivity index (χ1) is 15.1. The summed E-state index contributed by atoms with van der Waals surface area (Å²) in [7, 11) is 0. The van der Waals surface area contributed by atoms with Crippen LogP contribution in [0, 0.1) is 12.8 Å². The van der Waals surface area contributed by atoms with Crippen molar-refractivity contribution in [3.63, 3.8) is 0 Å². The second-order valence-corrected chi connectivity index (χ2v) is 9.49. The van der Waals surface area contributed by atoms with E-state index in [9.17, 15) is 4.79 Å². The van der Waals surface area contributed by atoms with Crippen LogP contribution in [0.1, 0.15) is 62.4 Å². The maximum atomic E-state index is 10.9. The highest BCUT2D eigenvalue weighted by molar-refractivity contribution is 6.32. The number of nitrogen functional groups attached to an aromatic ring is 1. The van der Waals surface area contributed by atoms with Gasteiger partial charge in [0.05, 0.1) is 5.71 Å². The number of fused-ring (bicyclic) bond motifs is 1. The highest BCUT2D eigenvalue weighted by atomic mass is 35.5. The Labute approximate surface area is 192 Å². The van der Waals surface area contributed by atoms with Crippen LogP contribution in [0.3, 0.4) is 0 Å². The van der Waals surface area contributed by atoms with Gasteiger partial charge in [-0.2, -0.15) is 4.98 Å². The molecule has 170 valence electrons. The van der Waals surface area contributed by atoms with Gasteiger partial charge in [-0.15, -0.1) is 0 Å². The van der Waals surface area contributed by atoms with Crippen LogP contribution in [0.15, 0.2) is 23.2 Å². The Hall–Kier alpha value is -2.87. The Morgan fingerprint density at radius 3 is 2.62 bits per heavy atom. The first-order valence-electron chi connectivity index (χ1n) is 10.9. The molecule has 1 aliphatic carbocycles. The maximum Gasteiger partial charge on any atom is 0.312 e. The number of nitrogens with zero attached hydrogens (tertiary/aromatic N) is 3. The molecule has 2 amide bonds. The Bertz CT molecular complexity index is 1080. The van der Waals surface area contributed by atoms with Crippen molar-refractivity contribution in [3.05, 3.63) is 40.2 Å². The summed E-state index contributed by atoms with van der Waals surface area (Å²) in [4.78, 5) is 24.3. The van der Waals surface area contributed by atoms with Crippen molar-refractivity contribution >= 4 is 34.8 Å². The highest BCUT2D eigenvalue weighted by Crippen LogP contribution is 2.42. The predicted octanol–water partition coefficient (Wildman–Crippen LogP) is 4.25. The summed E-state index contributed by atoms with van der Waals surface area (Å²) in [6, 6.07) is 5.63. The number of ether oxygens (including phenoxy) is 1. The van der Waals surface area contributed by atoms with Gasteiger partial charge in [-0.3, -0.25) is 0 Å². The van der Waals surface area contributed by atoms with Gasteiger partial charge >= 0.3 is 6.03 Å². The van der Waals surface area contributed by atoms with Crippen LogP contribution in [0.5, 0.6) is 5.88 Å². The molecule has 0 atom stereocenters. The first-order valence-corrected chi connectivity index (χ1v) is 11.3. The largest absolute Gasteiger partial charge is 0.463 e. The van der Waals surface area contributed by atoms with Crippen LogP contribution in [-0.2, 0) is 0 Å². The number of aliphatic imine (C=N–C) groups is 1. The van der Waals surface area contributed by atoms with Crippen LogP contribution in [0.25, 0.3) is 0 Å². The number of primary amides is 1. The average molecular weight is 457 g/mol. The van der Waals surface area contributed by atoms with Crippen molar-refractivity contribution in [3.8, 4) is 5.88 Å². The van der Waals surface area contributed by atoms with E-state index in [4.69, 9.17) is 32.8 Å². The molecule has 5 N–H and O–H groups in total. The van der Waals surface area contributed by atoms with E-state index in [1.807, 2.05) is 26.0 Å². The Kier molecular flexibility index (Phi) is 5.99. The van der Waals surface area contributed by atoms with Gasteiger partial charge in [0.15, 0.2) is 11.5 Å². The molecule has 2 aliphatic rings. The fraction of sp³-hybridized carbons (Fsp3) is 0.478. The summed E-state index contributed by atoms with van der Waals surface area (Å²) in [5.74, 6) is 2.09. The minimum Gasteiger partial charge on any atom is -0.463 e. The van der Waals surface area contributed by atoms with E-state index in [0.717, 1.165) is 47.5 Å². The molecular formula is C23H29ClN6O2. The molecule has 0 spiro atoms. The zero-order chi connectivity index (χ0) is 23.0. The normalized spacial score (nSPS) is 21.8. The standard InChI is InChI=1S/C23H29ClN6O2/c1-12-28-20(25)18-21(29-12)32-23(2,3)19(30-18)15-8-9-16(17(24)10-15)14-6-4-13(5-7-14)11-27-22(26)31/h8-10,13-14H,4-7,11H2,1-3H3,(H2,25,28,29)(H3,26,27,31). The third kappa shape index (κ3) is 4.50. The number of hydrogen-bond acceptors (Lipinski definition) is 6. The zero-order valence-electron chi connectivity index (χ0n) is 18.6. The third-order valence-corrected chi connectivity index (χ3v) is 6.59. The molecule has 0 unspecified atom stereocenters. The maximum absolute atomic E-state index is 10.9. The van der Waals surface area contributed by atoms with Crippen LogP contribution in [-0.4, -0.2) is 33.9 Å². The van der Waals surface area contributed by atoms with Crippen molar-refractivity contribution in [2.75, 3.05) is 12.3 Å². The number of amides is 2. The first kappa shape index (κ1) is 22.3. The number of aryl methyl sites for hydroxylation is 1. The lowest BCUT2D eigenvalue weighted by Crippen LogP contribution is -2.41. The van der Waals surface area contributed by atoms with E-state index >= 15 is 0 Å². The smallest absolute Gasteiger partial charge is 0.312 e. The Morgan fingerprint density at radius 1 is 1.25 bits per heavy atom. The van der Waals surface area contributed by atoms with Gasteiger partial charge in [-0.25, -0.2) is 14.8 Å². The second kappa shape index (κ2) is 8.58. The fourth-order valence-corrected chi connectivity index (χ4v) is 4.95. The molecule has 1 fully saturated rings. The van der Waals surface area contributed by atoms with Crippen molar-refractivity contribution in [1.82, 2.24) is 15.3 Å². The SMILES string of the molecule is Cc1nc(N)c2c(n1)OC(C)(C)C(c1ccc(C3CCC(CNC(N)=O)CC3)c(Cl)c1)=N2. The van der Waals surface area contributed by atoms with Crippen molar-refractivity contribution in [2.45, 2.75) is 58.0 Å². The minimum absolute atomic E-state index is 0.297. The monoisotopic (exact) mass is 456 g/mol. The van der Waals surface area contributed by atoms with E-state index in [1.165, 1.54) is 0 Å². The number of nitrogens with one attached hydrogen (secondary N) is 1. The molecule has 0 radical (unpaired) electrons. The van der Waals surface area contributed by atoms with Gasteiger partial charge in [0.2, 0.25) is 5.88 Å². The van der Waals surface area contributed by atoms with E-state index < -0.39 is 11.6 Å². The van der Waals surface area contributed by atoms with Crippen LogP contribution in [0.4, 0.5) is 16.3 Å². The lowest BCUT2D eigenvalue weighted by atomic mass is 9.78. The number of carbonyl (C=O) groups is 1. The summed E-state index contributed by atoms with van der Waals surface area (Å²) < 4.78 is 6.14. The van der Waals surface area contributed by atoms with Crippen LogP contribution in [0.2, 0.25) is 5.02 Å². The number of aromatic nitrogens is 2. The Morgan fingerprint density at radius 2 is 1.97 bits per heavy atom. The lowest BCUT2D eigenvalue weighted by Gasteiger charge is -2.33. The molecule has 2 aromatic rings. The number of nitrogens with two attached hydrogens (primary N) is 2. The molecule has 8 nitrogen and oxygen atoms in total. The molecule has 0 saturated heterocycles. The van der Waals surface area contributed by atoms with Gasteiger partial charge in [-0.05, 0) is 69.9 Å².